The molecule has 112 valence electrons. The van der Waals surface area contributed by atoms with Crippen molar-refractivity contribution in [2.75, 3.05) is 25.0 Å². The van der Waals surface area contributed by atoms with E-state index in [4.69, 9.17) is 0 Å². The molecule has 0 aliphatic carbocycles. The third kappa shape index (κ3) is 4.43. The van der Waals surface area contributed by atoms with Gasteiger partial charge in [0.15, 0.2) is 0 Å². The molecule has 3 nitrogen and oxygen atoms in total. The van der Waals surface area contributed by atoms with Gasteiger partial charge in [-0.3, -0.25) is 4.79 Å². The number of alkyl halides is 3. The Kier molecular flexibility index (Phi) is 5.42. The second kappa shape index (κ2) is 6.63. The van der Waals surface area contributed by atoms with E-state index in [1.165, 1.54) is 6.92 Å². The first-order valence-electron chi connectivity index (χ1n) is 6.49. The normalized spacial score (nSPS) is 11.3. The summed E-state index contributed by atoms with van der Waals surface area (Å²) in [6, 6.07) is 5.03. The monoisotopic (exact) mass is 288 g/mol. The van der Waals surface area contributed by atoms with Crippen LogP contribution in [0.5, 0.6) is 0 Å². The summed E-state index contributed by atoms with van der Waals surface area (Å²) in [6.07, 6.45) is -4.39. The van der Waals surface area contributed by atoms with Gasteiger partial charge in [0.05, 0.1) is 0 Å². The Balaban J connectivity index is 2.95. The number of carbonyl (C=O) groups excluding carboxylic acids is 1. The summed E-state index contributed by atoms with van der Waals surface area (Å²) in [5.41, 5.74) is 1.81. The van der Waals surface area contributed by atoms with E-state index < -0.39 is 18.6 Å². The number of hydrogen-bond donors (Lipinski definition) is 1. The van der Waals surface area contributed by atoms with Crippen LogP contribution in [0.15, 0.2) is 18.2 Å². The zero-order valence-corrected chi connectivity index (χ0v) is 11.8. The average molecular weight is 288 g/mol. The van der Waals surface area contributed by atoms with E-state index in [0.717, 1.165) is 17.1 Å². The molecule has 1 amide bonds. The maximum Gasteiger partial charge on any atom is 0.406 e. The highest BCUT2D eigenvalue weighted by atomic mass is 19.4. The highest BCUT2D eigenvalue weighted by Gasteiger charge is 2.32. The van der Waals surface area contributed by atoms with Gasteiger partial charge in [-0.25, -0.2) is 0 Å². The fourth-order valence-corrected chi connectivity index (χ4v) is 1.93. The van der Waals surface area contributed by atoms with Crippen molar-refractivity contribution in [3.05, 3.63) is 29.3 Å². The number of halogens is 3. The zero-order chi connectivity index (χ0) is 15.3. The number of amides is 1. The summed E-state index contributed by atoms with van der Waals surface area (Å²) in [4.78, 5) is 12.9. The Bertz CT molecular complexity index is 472. The predicted molar refractivity (Wildman–Crippen MR) is 73.0 cm³/mol. The summed E-state index contributed by atoms with van der Waals surface area (Å²) in [5, 5.41) is 3.09. The van der Waals surface area contributed by atoms with Crippen molar-refractivity contribution in [3.8, 4) is 0 Å². The topological polar surface area (TPSA) is 32.3 Å². The minimum Gasteiger partial charge on any atom is -0.385 e. The second-order valence-electron chi connectivity index (χ2n) is 4.49. The summed E-state index contributed by atoms with van der Waals surface area (Å²) >= 11 is 0. The molecular weight excluding hydrogens is 269 g/mol. The van der Waals surface area contributed by atoms with E-state index in [1.54, 1.807) is 25.1 Å². The van der Waals surface area contributed by atoms with E-state index in [0.29, 0.717) is 11.1 Å². The number of anilines is 1. The molecule has 0 heterocycles. The van der Waals surface area contributed by atoms with Gasteiger partial charge in [-0.1, -0.05) is 0 Å². The first-order chi connectivity index (χ1) is 9.28. The van der Waals surface area contributed by atoms with E-state index in [2.05, 4.69) is 5.32 Å². The summed E-state index contributed by atoms with van der Waals surface area (Å²) < 4.78 is 37.3. The average Bonchev–Trinajstić information content (AvgIpc) is 2.35. The highest BCUT2D eigenvalue weighted by molar-refractivity contribution is 5.96. The molecule has 0 unspecified atom stereocenters. The maximum atomic E-state index is 12.4. The number of rotatable bonds is 5. The number of hydrogen-bond acceptors (Lipinski definition) is 2. The molecule has 0 bridgehead atoms. The SMILES string of the molecule is CCNc1ccc(C(=O)N(CC)CC(F)(F)F)c(C)c1. The Hall–Kier alpha value is -1.72. The molecule has 0 saturated heterocycles. The number of benzene rings is 1. The Morgan fingerprint density at radius 3 is 2.40 bits per heavy atom. The number of nitrogens with one attached hydrogen (secondary N) is 1. The van der Waals surface area contributed by atoms with Crippen LogP contribution in [-0.2, 0) is 0 Å². The number of nitrogens with zero attached hydrogens (tertiary/aromatic N) is 1. The zero-order valence-electron chi connectivity index (χ0n) is 11.8. The van der Waals surface area contributed by atoms with Crippen molar-refractivity contribution >= 4 is 11.6 Å². The molecule has 0 aliphatic heterocycles. The Morgan fingerprint density at radius 1 is 1.30 bits per heavy atom. The lowest BCUT2D eigenvalue weighted by Gasteiger charge is -2.23. The smallest absolute Gasteiger partial charge is 0.385 e. The molecule has 0 aliphatic rings. The minimum absolute atomic E-state index is 0.0206. The molecule has 0 fully saturated rings. The maximum absolute atomic E-state index is 12.4. The van der Waals surface area contributed by atoms with Crippen LogP contribution in [0.1, 0.15) is 29.8 Å². The van der Waals surface area contributed by atoms with Crippen LogP contribution in [-0.4, -0.2) is 36.6 Å². The van der Waals surface area contributed by atoms with Gasteiger partial charge >= 0.3 is 6.18 Å². The van der Waals surface area contributed by atoms with Crippen LogP contribution in [0.3, 0.4) is 0 Å². The molecule has 6 heteroatoms. The molecule has 1 aromatic rings. The van der Waals surface area contributed by atoms with Gasteiger partial charge in [0.2, 0.25) is 0 Å². The number of carbonyl (C=O) groups is 1. The Morgan fingerprint density at radius 2 is 1.95 bits per heavy atom. The van der Waals surface area contributed by atoms with E-state index in [9.17, 15) is 18.0 Å². The summed E-state index contributed by atoms with van der Waals surface area (Å²) in [6.45, 7) is 4.73. The van der Waals surface area contributed by atoms with E-state index in [1.807, 2.05) is 6.92 Å². The van der Waals surface area contributed by atoms with Gasteiger partial charge in [-0.15, -0.1) is 0 Å². The van der Waals surface area contributed by atoms with Gasteiger partial charge in [0.25, 0.3) is 5.91 Å². The lowest BCUT2D eigenvalue weighted by Crippen LogP contribution is -2.39. The molecule has 0 aromatic heterocycles. The first kappa shape index (κ1) is 16.3. The van der Waals surface area contributed by atoms with Crippen LogP contribution in [0.25, 0.3) is 0 Å². The lowest BCUT2D eigenvalue weighted by atomic mass is 10.1. The van der Waals surface area contributed by atoms with Crippen molar-refractivity contribution in [3.63, 3.8) is 0 Å². The fraction of sp³-hybridized carbons (Fsp3) is 0.500. The summed E-state index contributed by atoms with van der Waals surface area (Å²) in [7, 11) is 0. The van der Waals surface area contributed by atoms with Gasteiger partial charge in [0, 0.05) is 24.3 Å². The Labute approximate surface area is 116 Å². The van der Waals surface area contributed by atoms with E-state index in [-0.39, 0.29) is 6.54 Å². The van der Waals surface area contributed by atoms with Crippen LogP contribution in [0.4, 0.5) is 18.9 Å². The summed E-state index contributed by atoms with van der Waals surface area (Å²) in [5.74, 6) is -0.592. The van der Waals surface area contributed by atoms with Gasteiger partial charge in [0.1, 0.15) is 6.54 Å². The molecule has 1 rings (SSSR count). The van der Waals surface area contributed by atoms with Crippen molar-refractivity contribution in [1.29, 1.82) is 0 Å². The molecule has 1 aromatic carbocycles. The van der Waals surface area contributed by atoms with Crippen molar-refractivity contribution in [2.45, 2.75) is 26.9 Å². The molecule has 0 atom stereocenters. The minimum atomic E-state index is -4.39. The lowest BCUT2D eigenvalue weighted by molar-refractivity contribution is -0.140. The van der Waals surface area contributed by atoms with Crippen LogP contribution in [0, 0.1) is 6.92 Å². The number of aryl methyl sites for hydroxylation is 1. The molecule has 0 saturated carbocycles. The molecule has 0 radical (unpaired) electrons. The first-order valence-corrected chi connectivity index (χ1v) is 6.49. The van der Waals surface area contributed by atoms with Gasteiger partial charge in [-0.05, 0) is 44.5 Å². The van der Waals surface area contributed by atoms with Crippen LogP contribution in [0.2, 0.25) is 0 Å². The van der Waals surface area contributed by atoms with Crippen molar-refractivity contribution < 1.29 is 18.0 Å². The third-order valence-corrected chi connectivity index (χ3v) is 2.88. The van der Waals surface area contributed by atoms with Gasteiger partial charge in [-0.2, -0.15) is 13.2 Å². The highest BCUT2D eigenvalue weighted by Crippen LogP contribution is 2.21. The molecule has 0 spiro atoms. The van der Waals surface area contributed by atoms with Gasteiger partial charge < -0.3 is 10.2 Å². The van der Waals surface area contributed by atoms with Crippen molar-refractivity contribution in [2.24, 2.45) is 0 Å². The van der Waals surface area contributed by atoms with Crippen LogP contribution < -0.4 is 5.32 Å². The fourth-order valence-electron chi connectivity index (χ4n) is 1.93. The predicted octanol–water partition coefficient (Wildman–Crippen LogP) is 3.45. The second-order valence-corrected chi connectivity index (χ2v) is 4.49. The van der Waals surface area contributed by atoms with E-state index >= 15 is 0 Å². The third-order valence-electron chi connectivity index (χ3n) is 2.88. The quantitative estimate of drug-likeness (QED) is 0.900. The molecular formula is C14H19F3N2O. The van der Waals surface area contributed by atoms with Crippen LogP contribution >= 0.6 is 0 Å². The van der Waals surface area contributed by atoms with Crippen molar-refractivity contribution in [1.82, 2.24) is 4.90 Å². The molecule has 1 N–H and O–H groups in total. The largest absolute Gasteiger partial charge is 0.406 e. The molecule has 20 heavy (non-hydrogen) atoms. The standard InChI is InChI=1S/C14H19F3N2O/c1-4-18-11-6-7-12(10(3)8-11)13(20)19(5-2)9-14(15,16)17/h6-8,18H,4-5,9H2,1-3H3.